The highest BCUT2D eigenvalue weighted by Crippen LogP contribution is 2.62. The molecule has 0 fully saturated rings. The van der Waals surface area contributed by atoms with Gasteiger partial charge in [0.05, 0.1) is 16.4 Å². The van der Waals surface area contributed by atoms with Crippen LogP contribution in [0.3, 0.4) is 0 Å². The molecule has 0 atom stereocenters. The summed E-state index contributed by atoms with van der Waals surface area (Å²) in [5.74, 6) is 0. The second kappa shape index (κ2) is 11.7. The van der Waals surface area contributed by atoms with Crippen molar-refractivity contribution in [2.75, 3.05) is 0 Å². The Kier molecular flexibility index (Phi) is 6.55. The van der Waals surface area contributed by atoms with E-state index in [1.165, 1.54) is 98.0 Å². The van der Waals surface area contributed by atoms with Gasteiger partial charge in [0.15, 0.2) is 0 Å². The Hall–Kier alpha value is -6.61. The maximum Gasteiger partial charge on any atom is 0.0735 e. The number of hydrogen-bond donors (Lipinski definition) is 0. The smallest absolute Gasteiger partial charge is 0.0735 e. The fraction of sp³-hybridized carbons (Fsp3) is 0.0189. The molecule has 2 aliphatic rings. The van der Waals surface area contributed by atoms with Crippen molar-refractivity contribution >= 4 is 44.3 Å². The second-order valence-corrected chi connectivity index (χ2v) is 15.9. The van der Waals surface area contributed by atoms with E-state index in [9.17, 15) is 0 Å². The van der Waals surface area contributed by atoms with Crippen LogP contribution in [-0.2, 0) is 5.41 Å². The van der Waals surface area contributed by atoms with Crippen LogP contribution >= 0.6 is 11.8 Å². The monoisotopic (exact) mass is 715 g/mol. The van der Waals surface area contributed by atoms with Crippen LogP contribution in [0.1, 0.15) is 22.3 Å². The first-order chi connectivity index (χ1) is 27.3. The molecule has 1 nitrogen and oxygen atoms in total. The minimum absolute atomic E-state index is 0.433. The highest BCUT2D eigenvalue weighted by Gasteiger charge is 2.50. The Balaban J connectivity index is 1.23. The lowest BCUT2D eigenvalue weighted by atomic mass is 9.67. The zero-order valence-corrected chi connectivity index (χ0v) is 30.7. The van der Waals surface area contributed by atoms with Gasteiger partial charge in [-0.2, -0.15) is 0 Å². The quantitative estimate of drug-likeness (QED) is 0.176. The number of nitrogens with zero attached hydrogens (tertiary/aromatic N) is 1. The van der Waals surface area contributed by atoms with Crippen molar-refractivity contribution in [2.45, 2.75) is 15.2 Å². The standard InChI is InChI=1S/C53H33NS/c1-3-15-34(16-4-1)37-29-38(35-17-5-2-6-18-35)31-39(30-37)54-49-33-51-48(32-44(49)43-28-27-36-19-7-8-20-40(36)52(43)54)53(47-25-13-14-26-50(47)55-51)45-23-11-9-21-41(45)42-22-10-12-24-46(42)53/h1-33H. The fourth-order valence-corrected chi connectivity index (χ4v) is 10.9. The first kappa shape index (κ1) is 30.8. The molecule has 0 bridgehead atoms. The van der Waals surface area contributed by atoms with Crippen LogP contribution in [0.25, 0.3) is 71.6 Å². The fourth-order valence-electron chi connectivity index (χ4n) is 9.73. The first-order valence-corrected chi connectivity index (χ1v) is 19.8. The van der Waals surface area contributed by atoms with Gasteiger partial charge in [-0.15, -0.1) is 0 Å². The summed E-state index contributed by atoms with van der Waals surface area (Å²) in [6.07, 6.45) is 0. The summed E-state index contributed by atoms with van der Waals surface area (Å²) in [7, 11) is 0. The van der Waals surface area contributed by atoms with Gasteiger partial charge in [-0.05, 0) is 97.4 Å². The first-order valence-electron chi connectivity index (χ1n) is 19.0. The SMILES string of the molecule is c1ccc(-c2cc(-c3ccccc3)cc(-n3c4cc5c(cc4c4ccc6ccccc6c43)C3(c4ccccc4S5)c4ccccc4-c4ccccc43)c2)cc1. The summed E-state index contributed by atoms with van der Waals surface area (Å²) in [4.78, 5) is 2.61. The number of hydrogen-bond acceptors (Lipinski definition) is 1. The van der Waals surface area contributed by atoms with Crippen LogP contribution in [0.2, 0.25) is 0 Å². The van der Waals surface area contributed by atoms with E-state index in [1.54, 1.807) is 0 Å². The Labute approximate surface area is 324 Å². The van der Waals surface area contributed by atoms with Gasteiger partial charge in [0, 0.05) is 31.6 Å². The average molecular weight is 716 g/mol. The molecule has 10 aromatic rings. The van der Waals surface area contributed by atoms with E-state index in [0.717, 1.165) is 5.69 Å². The van der Waals surface area contributed by atoms with Gasteiger partial charge in [0.1, 0.15) is 0 Å². The molecule has 55 heavy (non-hydrogen) atoms. The van der Waals surface area contributed by atoms with E-state index >= 15 is 0 Å². The number of rotatable bonds is 3. The molecule has 256 valence electrons. The van der Waals surface area contributed by atoms with E-state index in [-0.39, 0.29) is 0 Å². The minimum atomic E-state index is -0.433. The summed E-state index contributed by atoms with van der Waals surface area (Å²) in [6.45, 7) is 0. The predicted molar refractivity (Wildman–Crippen MR) is 231 cm³/mol. The molecular weight excluding hydrogens is 683 g/mol. The Morgan fingerprint density at radius 3 is 1.64 bits per heavy atom. The third-order valence-corrected chi connectivity index (χ3v) is 13.1. The molecule has 1 aromatic heterocycles. The lowest BCUT2D eigenvalue weighted by Gasteiger charge is -2.39. The molecule has 9 aromatic carbocycles. The summed E-state index contributed by atoms with van der Waals surface area (Å²) in [5.41, 5.74) is 16.1. The molecule has 1 spiro atoms. The molecule has 2 heterocycles. The molecule has 0 radical (unpaired) electrons. The van der Waals surface area contributed by atoms with Crippen LogP contribution < -0.4 is 0 Å². The molecule has 0 amide bonds. The number of aromatic nitrogens is 1. The van der Waals surface area contributed by atoms with Gasteiger partial charge in [0.25, 0.3) is 0 Å². The molecule has 0 saturated carbocycles. The summed E-state index contributed by atoms with van der Waals surface area (Å²) in [5, 5.41) is 5.03. The van der Waals surface area contributed by atoms with Gasteiger partial charge >= 0.3 is 0 Å². The van der Waals surface area contributed by atoms with Gasteiger partial charge < -0.3 is 4.57 Å². The van der Waals surface area contributed by atoms with Crippen LogP contribution in [0.15, 0.2) is 210 Å². The maximum absolute atomic E-state index is 2.55. The highest BCUT2D eigenvalue weighted by molar-refractivity contribution is 7.99. The second-order valence-electron chi connectivity index (χ2n) is 14.8. The zero-order valence-electron chi connectivity index (χ0n) is 29.9. The lowest BCUT2D eigenvalue weighted by molar-refractivity contribution is 0.724. The van der Waals surface area contributed by atoms with Crippen LogP contribution in [0.4, 0.5) is 0 Å². The molecule has 0 unspecified atom stereocenters. The molecular formula is C53H33NS. The third-order valence-electron chi connectivity index (χ3n) is 12.0. The molecule has 12 rings (SSSR count). The van der Waals surface area contributed by atoms with Gasteiger partial charge in [0.2, 0.25) is 0 Å². The summed E-state index contributed by atoms with van der Waals surface area (Å²) >= 11 is 1.91. The Morgan fingerprint density at radius 2 is 0.945 bits per heavy atom. The van der Waals surface area contributed by atoms with E-state index in [4.69, 9.17) is 0 Å². The zero-order chi connectivity index (χ0) is 36.1. The van der Waals surface area contributed by atoms with E-state index in [0.29, 0.717) is 0 Å². The largest absolute Gasteiger partial charge is 0.309 e. The average Bonchev–Trinajstić information content (AvgIpc) is 3.74. The number of fused-ring (bicyclic) bond motifs is 14. The van der Waals surface area contributed by atoms with Gasteiger partial charge in [-0.1, -0.05) is 176 Å². The van der Waals surface area contributed by atoms with Crippen molar-refractivity contribution in [3.8, 4) is 39.1 Å². The lowest BCUT2D eigenvalue weighted by Crippen LogP contribution is -2.31. The van der Waals surface area contributed by atoms with Crippen LogP contribution in [0.5, 0.6) is 0 Å². The van der Waals surface area contributed by atoms with E-state index in [1.807, 2.05) is 11.8 Å². The van der Waals surface area contributed by atoms with Gasteiger partial charge in [-0.3, -0.25) is 0 Å². The van der Waals surface area contributed by atoms with Crippen molar-refractivity contribution in [1.82, 2.24) is 4.57 Å². The van der Waals surface area contributed by atoms with Crippen molar-refractivity contribution in [3.63, 3.8) is 0 Å². The molecule has 1 aliphatic carbocycles. The molecule has 0 N–H and O–H groups in total. The highest BCUT2D eigenvalue weighted by atomic mass is 32.2. The van der Waals surface area contributed by atoms with E-state index < -0.39 is 5.41 Å². The van der Waals surface area contributed by atoms with Crippen LogP contribution in [-0.4, -0.2) is 4.57 Å². The van der Waals surface area contributed by atoms with Crippen molar-refractivity contribution in [1.29, 1.82) is 0 Å². The molecule has 1 aliphatic heterocycles. The van der Waals surface area contributed by atoms with Crippen molar-refractivity contribution in [3.05, 3.63) is 222 Å². The summed E-state index contributed by atoms with van der Waals surface area (Å²) in [6, 6.07) is 74.6. The van der Waals surface area contributed by atoms with Gasteiger partial charge in [-0.25, -0.2) is 0 Å². The van der Waals surface area contributed by atoms with Crippen LogP contribution in [0, 0.1) is 0 Å². The topological polar surface area (TPSA) is 4.93 Å². The maximum atomic E-state index is 2.55. The van der Waals surface area contributed by atoms with Crippen molar-refractivity contribution < 1.29 is 0 Å². The third kappa shape index (κ3) is 4.32. The normalized spacial score (nSPS) is 13.5. The van der Waals surface area contributed by atoms with E-state index in [2.05, 4.69) is 205 Å². The Morgan fingerprint density at radius 1 is 0.364 bits per heavy atom. The van der Waals surface area contributed by atoms with Crippen molar-refractivity contribution in [2.24, 2.45) is 0 Å². The minimum Gasteiger partial charge on any atom is -0.309 e. The predicted octanol–water partition coefficient (Wildman–Crippen LogP) is 14.1. The number of benzene rings is 9. The Bertz CT molecular complexity index is 3070. The molecule has 0 saturated heterocycles. The molecule has 2 heteroatoms. The summed E-state index contributed by atoms with van der Waals surface area (Å²) < 4.78 is 2.55.